The maximum absolute atomic E-state index is 12.9. The van der Waals surface area contributed by atoms with Gasteiger partial charge < -0.3 is 10.6 Å². The van der Waals surface area contributed by atoms with Crippen LogP contribution in [0.4, 0.5) is 11.4 Å². The maximum atomic E-state index is 12.9. The van der Waals surface area contributed by atoms with E-state index in [1.54, 1.807) is 16.2 Å². The largest absolute Gasteiger partial charge is 0.351 e. The van der Waals surface area contributed by atoms with E-state index >= 15 is 0 Å². The molecule has 3 heterocycles. The summed E-state index contributed by atoms with van der Waals surface area (Å²) < 4.78 is 0. The van der Waals surface area contributed by atoms with Gasteiger partial charge in [0.15, 0.2) is 5.17 Å². The maximum Gasteiger partial charge on any atom is 0.271 e. The Labute approximate surface area is 216 Å². The van der Waals surface area contributed by atoms with E-state index in [1.807, 2.05) is 73.0 Å². The van der Waals surface area contributed by atoms with Crippen molar-refractivity contribution in [3.05, 3.63) is 82.0 Å². The van der Waals surface area contributed by atoms with E-state index in [2.05, 4.69) is 15.6 Å². The van der Waals surface area contributed by atoms with Crippen molar-refractivity contribution in [1.82, 2.24) is 10.2 Å². The molecule has 0 radical (unpaired) electrons. The predicted molar refractivity (Wildman–Crippen MR) is 144 cm³/mol. The lowest BCUT2D eigenvalue weighted by Crippen LogP contribution is -2.46. The van der Waals surface area contributed by atoms with E-state index in [9.17, 15) is 14.4 Å². The average molecular weight is 518 g/mol. The van der Waals surface area contributed by atoms with Crippen LogP contribution >= 0.6 is 23.1 Å². The Balaban J connectivity index is 1.32. The number of benzene rings is 2. The Kier molecular flexibility index (Phi) is 6.97. The second-order valence-electron chi connectivity index (χ2n) is 8.34. The van der Waals surface area contributed by atoms with Gasteiger partial charge in [0.25, 0.3) is 5.91 Å². The summed E-state index contributed by atoms with van der Waals surface area (Å²) in [6, 6.07) is 18.0. The first-order chi connectivity index (χ1) is 17.5. The number of hydrogen-bond acceptors (Lipinski definition) is 7. The van der Waals surface area contributed by atoms with Gasteiger partial charge in [-0.05, 0) is 48.2 Å². The number of hydrogen-bond donors (Lipinski definition) is 2. The Morgan fingerprint density at radius 3 is 2.72 bits per heavy atom. The summed E-state index contributed by atoms with van der Waals surface area (Å²) in [6.45, 7) is 2.36. The number of amides is 3. The molecule has 182 valence electrons. The number of aliphatic imine (C=N–C) groups is 2. The first-order valence-corrected chi connectivity index (χ1v) is 13.2. The molecule has 36 heavy (non-hydrogen) atoms. The van der Waals surface area contributed by atoms with Crippen molar-refractivity contribution in [3.63, 3.8) is 0 Å². The smallest absolute Gasteiger partial charge is 0.271 e. The molecule has 8 nitrogen and oxygen atoms in total. The van der Waals surface area contributed by atoms with Gasteiger partial charge in [0.2, 0.25) is 11.8 Å². The van der Waals surface area contributed by atoms with Crippen molar-refractivity contribution >= 4 is 63.2 Å². The van der Waals surface area contributed by atoms with Gasteiger partial charge in [0, 0.05) is 16.1 Å². The highest BCUT2D eigenvalue weighted by atomic mass is 32.2. The summed E-state index contributed by atoms with van der Waals surface area (Å²) in [5.41, 5.74) is 3.16. The molecule has 2 aliphatic rings. The minimum atomic E-state index is -0.817. The van der Waals surface area contributed by atoms with Gasteiger partial charge in [-0.2, -0.15) is 4.99 Å². The van der Waals surface area contributed by atoms with Crippen molar-refractivity contribution in [2.24, 2.45) is 9.98 Å². The Morgan fingerprint density at radius 2 is 1.92 bits per heavy atom. The lowest BCUT2D eigenvalue weighted by Gasteiger charge is -2.30. The monoisotopic (exact) mass is 517 g/mol. The van der Waals surface area contributed by atoms with Gasteiger partial charge in [-0.15, -0.1) is 11.3 Å². The molecule has 1 atom stereocenters. The van der Waals surface area contributed by atoms with Gasteiger partial charge >= 0.3 is 0 Å². The number of amidine groups is 2. The first kappa shape index (κ1) is 24.0. The van der Waals surface area contributed by atoms with Crippen LogP contribution in [0.5, 0.6) is 0 Å². The summed E-state index contributed by atoms with van der Waals surface area (Å²) in [4.78, 5) is 50.0. The summed E-state index contributed by atoms with van der Waals surface area (Å²) in [7, 11) is 0. The number of anilines is 1. The zero-order valence-corrected chi connectivity index (χ0v) is 21.1. The second-order valence-corrected chi connectivity index (χ2v) is 10.3. The summed E-state index contributed by atoms with van der Waals surface area (Å²) in [5.74, 6) is -0.293. The van der Waals surface area contributed by atoms with E-state index in [4.69, 9.17) is 4.99 Å². The number of carbonyl (C=O) groups is 3. The molecule has 1 aromatic heterocycles. The zero-order chi connectivity index (χ0) is 25.1. The molecular formula is C26H23N5O3S2. The van der Waals surface area contributed by atoms with E-state index < -0.39 is 11.9 Å². The van der Waals surface area contributed by atoms with Crippen LogP contribution in [0.3, 0.4) is 0 Å². The third-order valence-corrected chi connectivity index (χ3v) is 7.49. The molecule has 3 amide bonds. The molecule has 0 bridgehead atoms. The van der Waals surface area contributed by atoms with Gasteiger partial charge in [-0.25, -0.2) is 4.99 Å². The number of rotatable bonds is 7. The fourth-order valence-electron chi connectivity index (χ4n) is 4.00. The summed E-state index contributed by atoms with van der Waals surface area (Å²) in [6.07, 6.45) is -0.0611. The molecule has 0 spiro atoms. The first-order valence-electron chi connectivity index (χ1n) is 11.4. The third kappa shape index (κ3) is 5.24. The zero-order valence-electron chi connectivity index (χ0n) is 19.4. The van der Waals surface area contributed by atoms with Crippen molar-refractivity contribution in [2.45, 2.75) is 25.9 Å². The van der Waals surface area contributed by atoms with Crippen LogP contribution < -0.4 is 10.6 Å². The molecule has 0 aliphatic carbocycles. The number of thiophene rings is 1. The Morgan fingerprint density at radius 1 is 1.06 bits per heavy atom. The van der Waals surface area contributed by atoms with Crippen molar-refractivity contribution < 1.29 is 14.4 Å². The molecular weight excluding hydrogens is 494 g/mol. The molecule has 2 N–H and O–H groups in total. The third-order valence-electron chi connectivity index (χ3n) is 5.66. The molecule has 0 saturated carbocycles. The fraction of sp³-hybridized carbons (Fsp3) is 0.192. The van der Waals surface area contributed by atoms with Crippen molar-refractivity contribution in [2.75, 3.05) is 11.1 Å². The number of para-hydroxylation sites is 1. The molecule has 2 aliphatic heterocycles. The van der Waals surface area contributed by atoms with E-state index in [1.165, 1.54) is 11.8 Å². The second kappa shape index (κ2) is 10.5. The molecule has 0 fully saturated rings. The van der Waals surface area contributed by atoms with Crippen LogP contribution in [-0.4, -0.2) is 45.4 Å². The normalized spacial score (nSPS) is 16.1. The summed E-state index contributed by atoms with van der Waals surface area (Å²) in [5, 5.41) is 8.18. The minimum Gasteiger partial charge on any atom is -0.351 e. The lowest BCUT2D eigenvalue weighted by molar-refractivity contribution is -0.126. The van der Waals surface area contributed by atoms with Crippen molar-refractivity contribution in [1.29, 1.82) is 0 Å². The molecule has 10 heteroatoms. The van der Waals surface area contributed by atoms with Gasteiger partial charge in [0.1, 0.15) is 11.9 Å². The lowest BCUT2D eigenvalue weighted by atomic mass is 10.1. The van der Waals surface area contributed by atoms with Gasteiger partial charge in [-0.1, -0.05) is 42.1 Å². The van der Waals surface area contributed by atoms with Crippen LogP contribution in [0, 0.1) is 6.92 Å². The standard InChI is InChI=1S/C26H23N5O3S2/c1-16-6-4-7-17(12-16)28-23(33)15-36-26-29-20-10-3-2-9-19(20)24-30-25(34)21(31(24)26)13-22(32)27-14-18-8-5-11-35-18/h2-12,21H,13-15H2,1H3,(H,27,32)(H,28,33). The number of nitrogens with one attached hydrogen (secondary N) is 2. The number of carbonyl (C=O) groups excluding carboxylic acids is 3. The van der Waals surface area contributed by atoms with Crippen LogP contribution in [0.2, 0.25) is 0 Å². The van der Waals surface area contributed by atoms with Gasteiger partial charge in [0.05, 0.1) is 24.4 Å². The SMILES string of the molecule is Cc1cccc(NC(=O)CSC2=Nc3ccccc3C3=NC(=O)C(CC(=O)NCc4cccs4)N23)c1. The molecule has 1 unspecified atom stereocenters. The highest BCUT2D eigenvalue weighted by Crippen LogP contribution is 2.35. The Hall–Kier alpha value is -3.76. The number of aryl methyl sites for hydroxylation is 1. The quantitative estimate of drug-likeness (QED) is 0.491. The molecule has 2 aromatic carbocycles. The molecule has 5 rings (SSSR count). The molecule has 0 saturated heterocycles. The van der Waals surface area contributed by atoms with Crippen LogP contribution in [0.1, 0.15) is 22.4 Å². The fourth-order valence-corrected chi connectivity index (χ4v) is 5.49. The Bertz CT molecular complexity index is 1380. The van der Waals surface area contributed by atoms with Gasteiger partial charge in [-0.3, -0.25) is 19.3 Å². The number of fused-ring (bicyclic) bond motifs is 3. The van der Waals surface area contributed by atoms with E-state index in [-0.39, 0.29) is 24.0 Å². The van der Waals surface area contributed by atoms with Crippen molar-refractivity contribution in [3.8, 4) is 0 Å². The number of thioether (sulfide) groups is 1. The highest BCUT2D eigenvalue weighted by Gasteiger charge is 2.42. The topological polar surface area (TPSA) is 103 Å². The predicted octanol–water partition coefficient (Wildman–Crippen LogP) is 4.09. The van der Waals surface area contributed by atoms with E-state index in [0.29, 0.717) is 23.2 Å². The van der Waals surface area contributed by atoms with Crippen LogP contribution in [0.15, 0.2) is 76.0 Å². The highest BCUT2D eigenvalue weighted by molar-refractivity contribution is 8.14. The minimum absolute atomic E-state index is 0.0611. The average Bonchev–Trinajstić information content (AvgIpc) is 3.50. The number of nitrogens with zero attached hydrogens (tertiary/aromatic N) is 3. The van der Waals surface area contributed by atoms with E-state index in [0.717, 1.165) is 21.7 Å². The molecule has 3 aromatic rings. The van der Waals surface area contributed by atoms with Crippen LogP contribution in [-0.2, 0) is 20.9 Å². The van der Waals surface area contributed by atoms with Crippen LogP contribution in [0.25, 0.3) is 0 Å². The summed E-state index contributed by atoms with van der Waals surface area (Å²) >= 11 is 2.77.